The van der Waals surface area contributed by atoms with Crippen molar-refractivity contribution >= 4 is 18.3 Å². The molecule has 0 spiro atoms. The largest absolute Gasteiger partial charge is 0.493 e. The number of rotatable bonds is 9. The van der Waals surface area contributed by atoms with Gasteiger partial charge in [0.15, 0.2) is 11.5 Å². The molecule has 2 bridgehead atoms. The van der Waals surface area contributed by atoms with Crippen molar-refractivity contribution in [1.82, 2.24) is 10.6 Å². The van der Waals surface area contributed by atoms with Gasteiger partial charge in [-0.25, -0.2) is 0 Å². The minimum Gasteiger partial charge on any atom is -0.493 e. The van der Waals surface area contributed by atoms with Gasteiger partial charge in [-0.05, 0) is 56.2 Å². The van der Waals surface area contributed by atoms with Crippen molar-refractivity contribution in [2.24, 2.45) is 5.41 Å². The molecule has 2 heterocycles. The first-order valence-corrected chi connectivity index (χ1v) is 9.97. The normalized spacial score (nSPS) is 25.7. The number of methoxy groups -OCH3 is 1. The lowest BCUT2D eigenvalue weighted by Gasteiger charge is -2.34. The zero-order chi connectivity index (χ0) is 18.6. The standard InChI is InChI=1S/C21H32N2O3.ClH/c1-4-12-26-17-8-6-15(13-18(17)25-3)10-11-22-20(24)21(5-2)14-16-7-9-19(21)23-16;/h6,8,13,16,19,23H,4-5,7,9-12,14H2,1-3H3,(H,22,24);1H/t16-,19+,21+;/m0./s1. The van der Waals surface area contributed by atoms with Crippen LogP contribution in [0.3, 0.4) is 0 Å². The van der Waals surface area contributed by atoms with E-state index in [9.17, 15) is 4.79 Å². The highest BCUT2D eigenvalue weighted by Gasteiger charge is 2.54. The molecular weight excluding hydrogens is 364 g/mol. The molecule has 1 aromatic rings. The van der Waals surface area contributed by atoms with Gasteiger partial charge in [0.2, 0.25) is 5.91 Å². The summed E-state index contributed by atoms with van der Waals surface area (Å²) in [6.45, 7) is 5.55. The van der Waals surface area contributed by atoms with E-state index in [4.69, 9.17) is 9.47 Å². The Morgan fingerprint density at radius 3 is 2.70 bits per heavy atom. The van der Waals surface area contributed by atoms with E-state index < -0.39 is 0 Å². The fourth-order valence-corrected chi connectivity index (χ4v) is 4.50. The molecule has 5 nitrogen and oxygen atoms in total. The number of amides is 1. The number of carbonyl (C=O) groups is 1. The number of carbonyl (C=O) groups excluding carboxylic acids is 1. The van der Waals surface area contributed by atoms with E-state index in [0.29, 0.717) is 25.2 Å². The van der Waals surface area contributed by atoms with Crippen LogP contribution in [-0.2, 0) is 11.2 Å². The second kappa shape index (κ2) is 9.65. The van der Waals surface area contributed by atoms with Gasteiger partial charge in [-0.3, -0.25) is 4.79 Å². The lowest BCUT2D eigenvalue weighted by molar-refractivity contribution is -0.132. The maximum Gasteiger partial charge on any atom is 0.227 e. The number of ether oxygens (including phenoxy) is 2. The fourth-order valence-electron chi connectivity index (χ4n) is 4.50. The maximum absolute atomic E-state index is 12.9. The molecule has 3 rings (SSSR count). The summed E-state index contributed by atoms with van der Waals surface area (Å²) < 4.78 is 11.1. The van der Waals surface area contributed by atoms with Crippen LogP contribution in [0.5, 0.6) is 11.5 Å². The van der Waals surface area contributed by atoms with Crippen molar-refractivity contribution in [2.45, 2.75) is 64.5 Å². The van der Waals surface area contributed by atoms with Gasteiger partial charge < -0.3 is 20.1 Å². The Balaban J connectivity index is 0.00000261. The van der Waals surface area contributed by atoms with E-state index in [1.54, 1.807) is 7.11 Å². The SMILES string of the molecule is CCCOc1ccc(CCNC(=O)[C@]2(CC)C[C@@H]3CC[C@H]2N3)cc1OC.Cl. The summed E-state index contributed by atoms with van der Waals surface area (Å²) in [5.74, 6) is 1.75. The number of fused-ring (bicyclic) bond motifs is 2. The predicted molar refractivity (Wildman–Crippen MR) is 110 cm³/mol. The molecule has 2 N–H and O–H groups in total. The van der Waals surface area contributed by atoms with E-state index in [-0.39, 0.29) is 23.7 Å². The van der Waals surface area contributed by atoms with Gasteiger partial charge in [0.1, 0.15) is 0 Å². The minimum atomic E-state index is -0.210. The highest BCUT2D eigenvalue weighted by Crippen LogP contribution is 2.45. The third-order valence-corrected chi connectivity index (χ3v) is 5.99. The van der Waals surface area contributed by atoms with E-state index >= 15 is 0 Å². The molecule has 2 aliphatic heterocycles. The molecule has 6 heteroatoms. The van der Waals surface area contributed by atoms with E-state index in [0.717, 1.165) is 49.2 Å². The number of hydrogen-bond acceptors (Lipinski definition) is 4. The zero-order valence-corrected chi connectivity index (χ0v) is 17.5. The molecule has 2 saturated heterocycles. The Labute approximate surface area is 169 Å². The van der Waals surface area contributed by atoms with Gasteiger partial charge in [0, 0.05) is 18.6 Å². The molecule has 0 aromatic heterocycles. The van der Waals surface area contributed by atoms with Crippen molar-refractivity contribution in [3.8, 4) is 11.5 Å². The summed E-state index contributed by atoms with van der Waals surface area (Å²) in [6.07, 6.45) is 5.99. The van der Waals surface area contributed by atoms with Gasteiger partial charge in [0.05, 0.1) is 19.1 Å². The van der Waals surface area contributed by atoms with Crippen LogP contribution in [0.4, 0.5) is 0 Å². The zero-order valence-electron chi connectivity index (χ0n) is 16.7. The number of benzene rings is 1. The average Bonchev–Trinajstić information content (AvgIpc) is 3.28. The van der Waals surface area contributed by atoms with E-state index in [1.807, 2.05) is 18.2 Å². The van der Waals surface area contributed by atoms with Gasteiger partial charge in [-0.2, -0.15) is 0 Å². The van der Waals surface area contributed by atoms with Gasteiger partial charge in [0.25, 0.3) is 0 Å². The molecular formula is C21H33ClN2O3. The predicted octanol–water partition coefficient (Wildman–Crippen LogP) is 3.49. The maximum atomic E-state index is 12.9. The smallest absolute Gasteiger partial charge is 0.227 e. The first-order chi connectivity index (χ1) is 12.6. The number of hydrogen-bond donors (Lipinski definition) is 2. The third-order valence-electron chi connectivity index (χ3n) is 5.99. The van der Waals surface area contributed by atoms with Crippen molar-refractivity contribution in [2.75, 3.05) is 20.3 Å². The third kappa shape index (κ3) is 4.52. The first kappa shape index (κ1) is 21.8. The molecule has 1 amide bonds. The van der Waals surface area contributed by atoms with Crippen LogP contribution in [0.15, 0.2) is 18.2 Å². The van der Waals surface area contributed by atoms with Gasteiger partial charge in [-0.15, -0.1) is 12.4 Å². The topological polar surface area (TPSA) is 59.6 Å². The van der Waals surface area contributed by atoms with Crippen LogP contribution in [-0.4, -0.2) is 38.3 Å². The Bertz CT molecular complexity index is 640. The molecule has 0 radical (unpaired) electrons. The van der Waals surface area contributed by atoms with Crippen LogP contribution in [0.2, 0.25) is 0 Å². The molecule has 0 unspecified atom stereocenters. The highest BCUT2D eigenvalue weighted by molar-refractivity contribution is 5.85. The lowest BCUT2D eigenvalue weighted by Crippen LogP contribution is -2.48. The average molecular weight is 397 g/mol. The van der Waals surface area contributed by atoms with Crippen molar-refractivity contribution in [3.63, 3.8) is 0 Å². The minimum absolute atomic E-state index is 0. The van der Waals surface area contributed by atoms with E-state index in [2.05, 4.69) is 24.5 Å². The number of halogens is 1. The molecule has 3 atom stereocenters. The summed E-state index contributed by atoms with van der Waals surface area (Å²) in [5.41, 5.74) is 0.931. The van der Waals surface area contributed by atoms with Crippen LogP contribution < -0.4 is 20.1 Å². The second-order valence-electron chi connectivity index (χ2n) is 7.55. The van der Waals surface area contributed by atoms with Crippen LogP contribution >= 0.6 is 12.4 Å². The fraction of sp³-hybridized carbons (Fsp3) is 0.667. The molecule has 1 aromatic carbocycles. The second-order valence-corrected chi connectivity index (χ2v) is 7.55. The first-order valence-electron chi connectivity index (χ1n) is 9.97. The summed E-state index contributed by atoms with van der Waals surface area (Å²) >= 11 is 0. The number of nitrogens with one attached hydrogen (secondary N) is 2. The molecule has 0 saturated carbocycles. The molecule has 27 heavy (non-hydrogen) atoms. The monoisotopic (exact) mass is 396 g/mol. The molecule has 0 aliphatic carbocycles. The molecule has 2 aliphatic rings. The van der Waals surface area contributed by atoms with Crippen LogP contribution in [0, 0.1) is 5.41 Å². The highest BCUT2D eigenvalue weighted by atomic mass is 35.5. The van der Waals surface area contributed by atoms with Crippen molar-refractivity contribution in [3.05, 3.63) is 23.8 Å². The van der Waals surface area contributed by atoms with Gasteiger partial charge >= 0.3 is 0 Å². The van der Waals surface area contributed by atoms with Crippen LogP contribution in [0.1, 0.15) is 51.5 Å². The van der Waals surface area contributed by atoms with Crippen LogP contribution in [0.25, 0.3) is 0 Å². The summed E-state index contributed by atoms with van der Waals surface area (Å²) in [4.78, 5) is 12.9. The summed E-state index contributed by atoms with van der Waals surface area (Å²) in [7, 11) is 1.66. The molecule has 2 fully saturated rings. The van der Waals surface area contributed by atoms with Gasteiger partial charge in [-0.1, -0.05) is 19.9 Å². The summed E-state index contributed by atoms with van der Waals surface area (Å²) in [6, 6.07) is 6.90. The Morgan fingerprint density at radius 1 is 1.30 bits per heavy atom. The quantitative estimate of drug-likeness (QED) is 0.670. The molecule has 152 valence electrons. The Hall–Kier alpha value is -1.46. The summed E-state index contributed by atoms with van der Waals surface area (Å²) in [5, 5.41) is 6.79. The van der Waals surface area contributed by atoms with Crippen molar-refractivity contribution in [1.29, 1.82) is 0 Å². The lowest BCUT2D eigenvalue weighted by atomic mass is 9.71. The Kier molecular flexibility index (Phi) is 7.80. The van der Waals surface area contributed by atoms with Crippen molar-refractivity contribution < 1.29 is 14.3 Å². The van der Waals surface area contributed by atoms with E-state index in [1.165, 1.54) is 6.42 Å². The Morgan fingerprint density at radius 2 is 2.11 bits per heavy atom.